The Bertz CT molecular complexity index is 678. The van der Waals surface area contributed by atoms with Gasteiger partial charge in [0.2, 0.25) is 6.04 Å². The van der Waals surface area contributed by atoms with Crippen molar-refractivity contribution in [1.82, 2.24) is 0 Å². The van der Waals surface area contributed by atoms with Gasteiger partial charge in [-0.1, -0.05) is 48.1 Å². The minimum absolute atomic E-state index is 0.204. The van der Waals surface area contributed by atoms with E-state index in [4.69, 9.17) is 34.8 Å². The Hall–Kier alpha value is -1.29. The van der Waals surface area contributed by atoms with Gasteiger partial charge in [0.25, 0.3) is 5.91 Å². The summed E-state index contributed by atoms with van der Waals surface area (Å²) in [5.74, 6) is -0.204. The predicted octanol–water partition coefficient (Wildman–Crippen LogP) is 5.09. The van der Waals surface area contributed by atoms with Crippen molar-refractivity contribution >= 4 is 46.4 Å². The number of rotatable bonds is 5. The average molecular weight is 373 g/mol. The Morgan fingerprint density at radius 3 is 2.26 bits per heavy atom. The maximum atomic E-state index is 12.4. The molecular weight excluding hydrogens is 355 g/mol. The Labute approximate surface area is 151 Å². The molecule has 0 saturated heterocycles. The summed E-state index contributed by atoms with van der Waals surface area (Å²) in [6.07, 6.45) is 5.92. The number of aromatic nitrogens is 1. The number of carbonyl (C=O) groups is 1. The first-order valence-electron chi connectivity index (χ1n) is 7.37. The number of pyridine rings is 1. The molecule has 3 nitrogen and oxygen atoms in total. The van der Waals surface area contributed by atoms with Crippen molar-refractivity contribution in [3.63, 3.8) is 0 Å². The summed E-state index contributed by atoms with van der Waals surface area (Å²) < 4.78 is 1.84. The summed E-state index contributed by atoms with van der Waals surface area (Å²) in [7, 11) is 0. The second-order valence-electron chi connectivity index (χ2n) is 5.31. The van der Waals surface area contributed by atoms with Gasteiger partial charge in [-0.25, -0.2) is 0 Å². The largest absolute Gasteiger partial charge is 0.318 e. The van der Waals surface area contributed by atoms with E-state index in [1.54, 1.807) is 12.1 Å². The quantitative estimate of drug-likeness (QED) is 0.729. The number of aryl methyl sites for hydroxylation is 1. The number of amides is 1. The van der Waals surface area contributed by atoms with Gasteiger partial charge in [-0.2, -0.15) is 4.57 Å². The number of nitrogens with zero attached hydrogens (tertiary/aromatic N) is 1. The van der Waals surface area contributed by atoms with Crippen LogP contribution in [0.2, 0.25) is 15.1 Å². The highest BCUT2D eigenvalue weighted by Crippen LogP contribution is 2.33. The molecule has 1 amide bonds. The maximum Gasteiger partial charge on any atom is 0.293 e. The molecular formula is C17H18Cl3N2O+. The number of carbonyl (C=O) groups excluding carboxylic acids is 1. The summed E-state index contributed by atoms with van der Waals surface area (Å²) in [5.41, 5.74) is 1.62. The lowest BCUT2D eigenvalue weighted by atomic mass is 10.1. The zero-order chi connectivity index (χ0) is 17.0. The van der Waals surface area contributed by atoms with E-state index < -0.39 is 6.04 Å². The third-order valence-corrected chi connectivity index (χ3v) is 4.36. The van der Waals surface area contributed by atoms with Gasteiger partial charge in [0.05, 0.1) is 15.7 Å². The number of benzene rings is 1. The van der Waals surface area contributed by atoms with Crippen molar-refractivity contribution in [2.75, 3.05) is 5.32 Å². The normalized spacial score (nSPS) is 12.0. The number of anilines is 1. The van der Waals surface area contributed by atoms with Gasteiger partial charge < -0.3 is 5.32 Å². The standard InChI is InChI=1S/C17H17Cl3N2O/c1-3-4-12-5-7-22(8-6-12)11(2)17(23)21-16-14(19)9-13(18)10-15(16)20/h5-11H,3-4H2,1-2H3/p+1/t11-/m1/s1. The first-order valence-corrected chi connectivity index (χ1v) is 8.50. The average Bonchev–Trinajstić information content (AvgIpc) is 2.51. The molecule has 0 unspecified atom stereocenters. The predicted molar refractivity (Wildman–Crippen MR) is 95.4 cm³/mol. The van der Waals surface area contributed by atoms with E-state index in [1.807, 2.05) is 36.0 Å². The van der Waals surface area contributed by atoms with Crippen LogP contribution in [0.3, 0.4) is 0 Å². The van der Waals surface area contributed by atoms with E-state index in [9.17, 15) is 4.79 Å². The molecule has 0 bridgehead atoms. The van der Waals surface area contributed by atoms with E-state index in [0.717, 1.165) is 12.8 Å². The SMILES string of the molecule is CCCc1cc[n+]([C@H](C)C(=O)Nc2c(Cl)cc(Cl)cc2Cl)cc1. The third kappa shape index (κ3) is 4.60. The third-order valence-electron chi connectivity index (χ3n) is 3.54. The Kier molecular flexibility index (Phi) is 6.28. The summed E-state index contributed by atoms with van der Waals surface area (Å²) in [6.45, 7) is 3.95. The van der Waals surface area contributed by atoms with Crippen LogP contribution in [0.25, 0.3) is 0 Å². The van der Waals surface area contributed by atoms with Crippen molar-refractivity contribution in [3.8, 4) is 0 Å². The van der Waals surface area contributed by atoms with Gasteiger partial charge in [-0.05, 0) is 24.1 Å². The van der Waals surface area contributed by atoms with E-state index in [1.165, 1.54) is 5.56 Å². The molecule has 23 heavy (non-hydrogen) atoms. The van der Waals surface area contributed by atoms with Crippen LogP contribution in [0.1, 0.15) is 31.9 Å². The van der Waals surface area contributed by atoms with Crippen molar-refractivity contribution < 1.29 is 9.36 Å². The molecule has 1 heterocycles. The van der Waals surface area contributed by atoms with Crippen LogP contribution in [0.15, 0.2) is 36.7 Å². The van der Waals surface area contributed by atoms with Gasteiger partial charge in [-0.15, -0.1) is 0 Å². The molecule has 0 aliphatic rings. The zero-order valence-corrected chi connectivity index (χ0v) is 15.2. The zero-order valence-electron chi connectivity index (χ0n) is 12.9. The first-order chi connectivity index (χ1) is 10.9. The smallest absolute Gasteiger partial charge is 0.293 e. The Balaban J connectivity index is 2.14. The Morgan fingerprint density at radius 1 is 1.17 bits per heavy atom. The summed E-state index contributed by atoms with van der Waals surface area (Å²) in [5, 5.41) is 3.81. The Morgan fingerprint density at radius 2 is 1.74 bits per heavy atom. The fourth-order valence-electron chi connectivity index (χ4n) is 2.21. The molecule has 0 aliphatic heterocycles. The summed E-state index contributed by atoms with van der Waals surface area (Å²) in [6, 6.07) is 6.74. The van der Waals surface area contributed by atoms with Crippen molar-refractivity contribution in [3.05, 3.63) is 57.3 Å². The second kappa shape index (κ2) is 8.00. The molecule has 0 spiro atoms. The minimum atomic E-state index is -0.395. The van der Waals surface area contributed by atoms with Gasteiger partial charge in [0, 0.05) is 24.1 Å². The van der Waals surface area contributed by atoms with E-state index in [2.05, 4.69) is 12.2 Å². The number of nitrogens with one attached hydrogen (secondary N) is 1. The van der Waals surface area contributed by atoms with Crippen LogP contribution >= 0.6 is 34.8 Å². The molecule has 2 aromatic rings. The first kappa shape index (κ1) is 18.1. The topological polar surface area (TPSA) is 33.0 Å². The van der Waals surface area contributed by atoms with E-state index in [-0.39, 0.29) is 5.91 Å². The molecule has 6 heteroatoms. The highest BCUT2D eigenvalue weighted by molar-refractivity contribution is 6.42. The monoisotopic (exact) mass is 371 g/mol. The van der Waals surface area contributed by atoms with Crippen LogP contribution in [0, 0.1) is 0 Å². The maximum absolute atomic E-state index is 12.4. The van der Waals surface area contributed by atoms with Crippen LogP contribution in [0.4, 0.5) is 5.69 Å². The lowest BCUT2D eigenvalue weighted by Gasteiger charge is -2.12. The van der Waals surface area contributed by atoms with Crippen LogP contribution in [-0.4, -0.2) is 5.91 Å². The fraction of sp³-hybridized carbons (Fsp3) is 0.294. The highest BCUT2D eigenvalue weighted by atomic mass is 35.5. The molecule has 1 aromatic carbocycles. The molecule has 1 N–H and O–H groups in total. The molecule has 0 fully saturated rings. The lowest BCUT2D eigenvalue weighted by molar-refractivity contribution is -0.705. The number of hydrogen-bond donors (Lipinski definition) is 1. The van der Waals surface area contributed by atoms with Gasteiger partial charge in [-0.3, -0.25) is 4.79 Å². The van der Waals surface area contributed by atoms with E-state index in [0.29, 0.717) is 20.8 Å². The molecule has 0 radical (unpaired) electrons. The van der Waals surface area contributed by atoms with Crippen LogP contribution in [0.5, 0.6) is 0 Å². The van der Waals surface area contributed by atoms with Crippen molar-refractivity contribution in [2.45, 2.75) is 32.7 Å². The fourth-order valence-corrected chi connectivity index (χ4v) is 3.12. The van der Waals surface area contributed by atoms with Gasteiger partial charge >= 0.3 is 0 Å². The molecule has 2 rings (SSSR count). The summed E-state index contributed by atoms with van der Waals surface area (Å²) >= 11 is 18.1. The highest BCUT2D eigenvalue weighted by Gasteiger charge is 2.23. The molecule has 0 saturated carbocycles. The van der Waals surface area contributed by atoms with E-state index >= 15 is 0 Å². The van der Waals surface area contributed by atoms with Gasteiger partial charge in [0.15, 0.2) is 12.4 Å². The molecule has 1 atom stereocenters. The lowest BCUT2D eigenvalue weighted by Crippen LogP contribution is -2.44. The minimum Gasteiger partial charge on any atom is -0.318 e. The molecule has 0 aliphatic carbocycles. The molecule has 122 valence electrons. The van der Waals surface area contributed by atoms with Crippen LogP contribution < -0.4 is 9.88 Å². The second-order valence-corrected chi connectivity index (χ2v) is 6.56. The number of halogens is 3. The van der Waals surface area contributed by atoms with Crippen molar-refractivity contribution in [1.29, 1.82) is 0 Å². The molecule has 1 aromatic heterocycles. The summed E-state index contributed by atoms with van der Waals surface area (Å²) in [4.78, 5) is 12.4. The number of hydrogen-bond acceptors (Lipinski definition) is 1. The van der Waals surface area contributed by atoms with Gasteiger partial charge in [0.1, 0.15) is 0 Å². The van der Waals surface area contributed by atoms with Crippen LogP contribution in [-0.2, 0) is 11.2 Å². The van der Waals surface area contributed by atoms with Crippen molar-refractivity contribution in [2.24, 2.45) is 0 Å².